The van der Waals surface area contributed by atoms with Crippen LogP contribution in [-0.4, -0.2) is 62.4 Å². The molecule has 9 heteroatoms. The van der Waals surface area contributed by atoms with Gasteiger partial charge in [-0.15, -0.1) is 0 Å². The highest BCUT2D eigenvalue weighted by Gasteiger charge is 2.19. The number of allylic oxidation sites excluding steroid dienone is 1. The molecule has 1 aliphatic rings. The van der Waals surface area contributed by atoms with Crippen molar-refractivity contribution in [1.82, 2.24) is 14.9 Å². The van der Waals surface area contributed by atoms with Crippen LogP contribution in [-0.2, 0) is 16.1 Å². The molecule has 39 heavy (non-hydrogen) atoms. The maximum atomic E-state index is 12.4. The van der Waals surface area contributed by atoms with Crippen molar-refractivity contribution in [2.24, 2.45) is 0 Å². The number of hydrogen-bond acceptors (Lipinski definition) is 8. The van der Waals surface area contributed by atoms with Crippen LogP contribution in [0.25, 0.3) is 6.08 Å². The average Bonchev–Trinajstić information content (AvgIpc) is 3.69. The van der Waals surface area contributed by atoms with Gasteiger partial charge in [0.2, 0.25) is 0 Å². The predicted octanol–water partition coefficient (Wildman–Crippen LogP) is 4.50. The van der Waals surface area contributed by atoms with Crippen molar-refractivity contribution >= 4 is 24.0 Å². The third-order valence-corrected chi connectivity index (χ3v) is 6.31. The van der Waals surface area contributed by atoms with Crippen LogP contribution in [0.2, 0.25) is 0 Å². The van der Waals surface area contributed by atoms with E-state index in [4.69, 9.17) is 9.47 Å². The summed E-state index contributed by atoms with van der Waals surface area (Å²) in [4.78, 5) is 28.4. The third-order valence-electron chi connectivity index (χ3n) is 6.31. The number of imidazole rings is 1. The van der Waals surface area contributed by atoms with Gasteiger partial charge in [0, 0.05) is 49.2 Å². The molecule has 0 bridgehead atoms. The van der Waals surface area contributed by atoms with Gasteiger partial charge in [-0.05, 0) is 50.9 Å². The minimum absolute atomic E-state index is 0.0226. The van der Waals surface area contributed by atoms with Crippen molar-refractivity contribution in [3.8, 4) is 11.5 Å². The Bertz CT molecular complexity index is 1190. The number of hydrogen-bond donors (Lipinski definition) is 1. The van der Waals surface area contributed by atoms with Crippen molar-refractivity contribution in [1.29, 1.82) is 0 Å². The number of carbonyl (C=O) groups is 2. The lowest BCUT2D eigenvalue weighted by atomic mass is 10.1. The molecule has 1 fully saturated rings. The Morgan fingerprint density at radius 1 is 1.08 bits per heavy atom. The lowest BCUT2D eigenvalue weighted by Crippen LogP contribution is -2.19. The summed E-state index contributed by atoms with van der Waals surface area (Å²) in [5.74, 6) is 1.47. The van der Waals surface area contributed by atoms with Crippen molar-refractivity contribution in [2.75, 3.05) is 45.5 Å². The van der Waals surface area contributed by atoms with E-state index in [9.17, 15) is 9.59 Å². The number of aryl methyl sites for hydroxylation is 2. The van der Waals surface area contributed by atoms with Gasteiger partial charge in [-0.1, -0.05) is 29.8 Å². The minimum atomic E-state index is -0.0226. The van der Waals surface area contributed by atoms with Gasteiger partial charge in [-0.25, -0.2) is 4.98 Å². The molecule has 0 saturated carbocycles. The van der Waals surface area contributed by atoms with E-state index in [2.05, 4.69) is 19.9 Å². The first kappa shape index (κ1) is 29.4. The van der Waals surface area contributed by atoms with E-state index < -0.39 is 0 Å². The number of rotatable bonds is 13. The Morgan fingerprint density at radius 2 is 1.82 bits per heavy atom. The Balaban J connectivity index is 0.000000272. The Morgan fingerprint density at radius 3 is 2.46 bits per heavy atom. The molecule has 2 aromatic carbocycles. The van der Waals surface area contributed by atoms with Crippen LogP contribution in [0.4, 0.5) is 5.69 Å². The van der Waals surface area contributed by atoms with E-state index in [-0.39, 0.29) is 12.5 Å². The van der Waals surface area contributed by atoms with Gasteiger partial charge in [0.15, 0.2) is 5.78 Å². The average molecular weight is 535 g/mol. The molecule has 0 unspecified atom stereocenters. The number of ketones is 1. The SMILES string of the molecule is COc1cc(OC)c(N2CCCC2)cc1/C=C/C(=O)c1ccc(C)cc1.O=COCNCCCn1ccnc1. The van der Waals surface area contributed by atoms with Crippen LogP contribution < -0.4 is 19.7 Å². The highest BCUT2D eigenvalue weighted by molar-refractivity contribution is 6.07. The summed E-state index contributed by atoms with van der Waals surface area (Å²) < 4.78 is 17.5. The summed E-state index contributed by atoms with van der Waals surface area (Å²) in [5, 5.41) is 2.96. The molecule has 0 spiro atoms. The van der Waals surface area contributed by atoms with Crippen LogP contribution in [0.3, 0.4) is 0 Å². The van der Waals surface area contributed by atoms with Crippen LogP contribution in [0.5, 0.6) is 11.5 Å². The molecular weight excluding hydrogens is 496 g/mol. The predicted molar refractivity (Wildman–Crippen MR) is 152 cm³/mol. The molecule has 0 atom stereocenters. The number of methoxy groups -OCH3 is 2. The van der Waals surface area contributed by atoms with Crippen molar-refractivity contribution in [3.05, 3.63) is 77.9 Å². The van der Waals surface area contributed by atoms with Gasteiger partial charge in [0.05, 0.1) is 26.2 Å². The molecule has 1 saturated heterocycles. The molecule has 9 nitrogen and oxygen atoms in total. The second-order valence-corrected chi connectivity index (χ2v) is 9.09. The zero-order valence-corrected chi connectivity index (χ0v) is 23.0. The lowest BCUT2D eigenvalue weighted by molar-refractivity contribution is -0.129. The molecule has 0 radical (unpaired) electrons. The summed E-state index contributed by atoms with van der Waals surface area (Å²) in [6, 6.07) is 11.5. The van der Waals surface area contributed by atoms with Crippen molar-refractivity contribution in [3.63, 3.8) is 0 Å². The number of carbonyl (C=O) groups excluding carboxylic acids is 2. The van der Waals surface area contributed by atoms with Crippen LogP contribution in [0.1, 0.15) is 40.7 Å². The van der Waals surface area contributed by atoms with E-state index in [1.807, 2.05) is 60.2 Å². The number of nitrogens with zero attached hydrogens (tertiary/aromatic N) is 3. The topological polar surface area (TPSA) is 94.9 Å². The highest BCUT2D eigenvalue weighted by Crippen LogP contribution is 2.37. The van der Waals surface area contributed by atoms with Gasteiger partial charge >= 0.3 is 0 Å². The highest BCUT2D eigenvalue weighted by atomic mass is 16.5. The number of aromatic nitrogens is 2. The number of anilines is 1. The zero-order chi connectivity index (χ0) is 27.9. The first-order valence-corrected chi connectivity index (χ1v) is 13.1. The monoisotopic (exact) mass is 534 g/mol. The van der Waals surface area contributed by atoms with Crippen molar-refractivity contribution in [2.45, 2.75) is 32.7 Å². The fraction of sp³-hybridized carbons (Fsp3) is 0.367. The van der Waals surface area contributed by atoms with Crippen LogP contribution in [0, 0.1) is 6.92 Å². The molecule has 0 aliphatic carbocycles. The molecule has 1 aromatic heterocycles. The second-order valence-electron chi connectivity index (χ2n) is 9.09. The summed E-state index contributed by atoms with van der Waals surface area (Å²) in [7, 11) is 3.30. The molecular formula is C30H38N4O5. The fourth-order valence-electron chi connectivity index (χ4n) is 4.19. The van der Waals surface area contributed by atoms with Crippen LogP contribution in [0.15, 0.2) is 61.2 Å². The Hall–Kier alpha value is -4.11. The smallest absolute Gasteiger partial charge is 0.294 e. The van der Waals surface area contributed by atoms with Gasteiger partial charge in [-0.2, -0.15) is 0 Å². The molecule has 4 rings (SSSR count). The Labute approximate surface area is 230 Å². The van der Waals surface area contributed by atoms with Gasteiger partial charge in [0.25, 0.3) is 6.47 Å². The number of ether oxygens (including phenoxy) is 3. The maximum absolute atomic E-state index is 12.4. The van der Waals surface area contributed by atoms with E-state index >= 15 is 0 Å². The molecule has 3 aromatic rings. The number of nitrogens with one attached hydrogen (secondary N) is 1. The maximum Gasteiger partial charge on any atom is 0.294 e. The quantitative estimate of drug-likeness (QED) is 0.113. The first-order chi connectivity index (χ1) is 19.0. The second kappa shape index (κ2) is 16.0. The summed E-state index contributed by atoms with van der Waals surface area (Å²) in [6.45, 7) is 6.52. The van der Waals surface area contributed by atoms with E-state index in [1.165, 1.54) is 12.8 Å². The molecule has 0 amide bonds. The summed E-state index contributed by atoms with van der Waals surface area (Å²) in [6.07, 6.45) is 12.2. The first-order valence-electron chi connectivity index (χ1n) is 13.1. The largest absolute Gasteiger partial charge is 0.496 e. The summed E-state index contributed by atoms with van der Waals surface area (Å²) in [5.41, 5.74) is 3.74. The van der Waals surface area contributed by atoms with E-state index in [1.54, 1.807) is 32.8 Å². The lowest BCUT2D eigenvalue weighted by Gasteiger charge is -2.22. The minimum Gasteiger partial charge on any atom is -0.496 e. The third kappa shape index (κ3) is 9.30. The van der Waals surface area contributed by atoms with E-state index in [0.29, 0.717) is 17.8 Å². The van der Waals surface area contributed by atoms with Gasteiger partial charge in [-0.3, -0.25) is 14.9 Å². The zero-order valence-electron chi connectivity index (χ0n) is 23.0. The summed E-state index contributed by atoms with van der Waals surface area (Å²) >= 11 is 0. The van der Waals surface area contributed by atoms with Gasteiger partial charge in [0.1, 0.15) is 18.2 Å². The Kier molecular flexibility index (Phi) is 12.1. The molecule has 1 aliphatic heterocycles. The molecule has 1 N–H and O–H groups in total. The standard InChI is InChI=1S/C22H25NO3.C8H13N3O2/c1-16-6-8-17(9-7-16)20(24)11-10-18-14-19(23-12-4-5-13-23)22(26-3)15-21(18)25-2;12-8-13-7-10-2-1-4-11-5-3-9-6-11/h6-11,14-15H,4-5,12-13H2,1-3H3;3,5-6,8,10H,1-2,4,7H2/b11-10+;. The molecule has 208 valence electrons. The molecule has 2 heterocycles. The fourth-order valence-corrected chi connectivity index (χ4v) is 4.19. The normalized spacial score (nSPS) is 12.6. The van der Waals surface area contributed by atoms with Crippen molar-refractivity contribution < 1.29 is 23.8 Å². The van der Waals surface area contributed by atoms with Crippen LogP contribution >= 0.6 is 0 Å². The number of benzene rings is 2. The van der Waals surface area contributed by atoms with E-state index in [0.717, 1.165) is 55.2 Å². The van der Waals surface area contributed by atoms with Gasteiger partial charge < -0.3 is 23.7 Å².